The fourth-order valence-electron chi connectivity index (χ4n) is 3.58. The van der Waals surface area contributed by atoms with Gasteiger partial charge in [0.1, 0.15) is 18.1 Å². The van der Waals surface area contributed by atoms with E-state index in [0.717, 1.165) is 33.9 Å². The molecule has 4 rings (SSSR count). The fourth-order valence-corrected chi connectivity index (χ4v) is 3.58. The van der Waals surface area contributed by atoms with E-state index in [1.54, 1.807) is 4.90 Å². The molecule has 0 bridgehead atoms. The van der Waals surface area contributed by atoms with Crippen molar-refractivity contribution in [3.8, 4) is 5.75 Å². The quantitative estimate of drug-likeness (QED) is 0.384. The third-order valence-electron chi connectivity index (χ3n) is 5.56. The number of amides is 1. The highest BCUT2D eigenvalue weighted by Gasteiger charge is 2.13. The molecule has 1 amide bonds. The minimum absolute atomic E-state index is 0.0511. The third-order valence-corrected chi connectivity index (χ3v) is 5.56. The number of hydrogen-bond donors (Lipinski definition) is 0. The summed E-state index contributed by atoms with van der Waals surface area (Å²) >= 11 is 0. The number of nitrogens with zero attached hydrogens (tertiary/aromatic N) is 4. The molecule has 0 aliphatic heterocycles. The van der Waals surface area contributed by atoms with Gasteiger partial charge in [0.25, 0.3) is 0 Å². The number of aromatic nitrogens is 3. The Labute approximate surface area is 193 Å². The molecule has 0 fully saturated rings. The number of rotatable bonds is 9. The van der Waals surface area contributed by atoms with E-state index in [-0.39, 0.29) is 5.91 Å². The molecule has 0 unspecified atom stereocenters. The highest BCUT2D eigenvalue weighted by molar-refractivity contribution is 5.78. The Morgan fingerprint density at radius 2 is 1.79 bits per heavy atom. The fraction of sp³-hybridized carbons (Fsp3) is 0.269. The molecule has 0 spiro atoms. The molecule has 2 aromatic heterocycles. The highest BCUT2D eigenvalue weighted by Crippen LogP contribution is 2.18. The Bertz CT molecular complexity index is 1180. The van der Waals surface area contributed by atoms with E-state index in [2.05, 4.69) is 22.4 Å². The summed E-state index contributed by atoms with van der Waals surface area (Å²) in [4.78, 5) is 14.4. The first kappa shape index (κ1) is 22.3. The van der Waals surface area contributed by atoms with Gasteiger partial charge < -0.3 is 14.2 Å². The van der Waals surface area contributed by atoms with Crippen LogP contribution in [0.2, 0.25) is 0 Å². The Morgan fingerprint density at radius 3 is 2.48 bits per heavy atom. The molecule has 0 aliphatic carbocycles. The molecule has 7 nitrogen and oxygen atoms in total. The molecule has 2 heterocycles. The molecule has 4 aromatic rings. The Hall–Kier alpha value is -3.87. The molecule has 0 radical (unpaired) electrons. The zero-order valence-corrected chi connectivity index (χ0v) is 19.2. The van der Waals surface area contributed by atoms with Crippen molar-refractivity contribution in [3.05, 3.63) is 101 Å². The predicted octanol–water partition coefficient (Wildman–Crippen LogP) is 4.32. The van der Waals surface area contributed by atoms with Crippen molar-refractivity contribution >= 4 is 5.91 Å². The molecule has 0 aliphatic rings. The summed E-state index contributed by atoms with van der Waals surface area (Å²) in [5.74, 6) is 1.56. The average Bonchev–Trinajstić information content (AvgIpc) is 3.39. The predicted molar refractivity (Wildman–Crippen MR) is 125 cm³/mol. The molecular weight excluding hydrogens is 416 g/mol. The van der Waals surface area contributed by atoms with Crippen LogP contribution in [-0.2, 0) is 30.9 Å². The second-order valence-electron chi connectivity index (χ2n) is 8.19. The summed E-state index contributed by atoms with van der Waals surface area (Å²) < 4.78 is 12.9. The molecule has 170 valence electrons. The Balaban J connectivity index is 1.27. The summed E-state index contributed by atoms with van der Waals surface area (Å²) in [6.45, 7) is 5.41. The maximum atomic E-state index is 12.7. The minimum atomic E-state index is 0.0511. The minimum Gasteiger partial charge on any atom is -0.489 e. The van der Waals surface area contributed by atoms with Crippen LogP contribution in [0.1, 0.15) is 33.7 Å². The van der Waals surface area contributed by atoms with E-state index >= 15 is 0 Å². The first-order valence-corrected chi connectivity index (χ1v) is 10.9. The van der Waals surface area contributed by atoms with E-state index in [9.17, 15) is 4.79 Å². The number of hydrogen-bond acceptors (Lipinski definition) is 5. The van der Waals surface area contributed by atoms with Gasteiger partial charge in [-0.1, -0.05) is 47.6 Å². The van der Waals surface area contributed by atoms with Gasteiger partial charge in [-0.05, 0) is 37.1 Å². The molecule has 0 atom stereocenters. The zero-order chi connectivity index (χ0) is 23.2. The van der Waals surface area contributed by atoms with Crippen molar-refractivity contribution in [2.45, 2.75) is 40.0 Å². The van der Waals surface area contributed by atoms with Crippen LogP contribution in [0.5, 0.6) is 5.75 Å². The van der Waals surface area contributed by atoms with Crippen LogP contribution in [0.3, 0.4) is 0 Å². The zero-order valence-electron chi connectivity index (χ0n) is 19.2. The second-order valence-corrected chi connectivity index (χ2v) is 8.19. The lowest BCUT2D eigenvalue weighted by Gasteiger charge is -2.16. The van der Waals surface area contributed by atoms with Gasteiger partial charge in [0, 0.05) is 25.4 Å². The van der Waals surface area contributed by atoms with Crippen LogP contribution < -0.4 is 4.74 Å². The summed E-state index contributed by atoms with van der Waals surface area (Å²) in [5, 5.41) is 8.36. The van der Waals surface area contributed by atoms with E-state index < -0.39 is 0 Å². The molecule has 33 heavy (non-hydrogen) atoms. The maximum Gasteiger partial charge on any atom is 0.227 e. The van der Waals surface area contributed by atoms with Crippen LogP contribution in [0.4, 0.5) is 0 Å². The number of carbonyl (C=O) groups is 1. The van der Waals surface area contributed by atoms with Crippen LogP contribution in [0, 0.1) is 13.8 Å². The SMILES string of the molecule is Cc1noc(C)c1COc1ccc(CC(=O)N(C)Cc2cnn(Cc3ccccc3)c2)cc1. The van der Waals surface area contributed by atoms with E-state index in [4.69, 9.17) is 9.26 Å². The normalized spacial score (nSPS) is 10.9. The number of ether oxygens (including phenoxy) is 1. The Kier molecular flexibility index (Phi) is 6.88. The molecule has 0 saturated heterocycles. The highest BCUT2D eigenvalue weighted by atomic mass is 16.5. The number of benzene rings is 2. The van der Waals surface area contributed by atoms with E-state index in [1.165, 1.54) is 5.56 Å². The standard InChI is InChI=1S/C26H28N4O3/c1-19-25(20(2)33-28-19)18-32-24-11-9-21(10-12-24)13-26(31)29(3)15-23-14-27-30(17-23)16-22-7-5-4-6-8-22/h4-12,14,17H,13,15-16,18H2,1-3H3. The molecule has 0 N–H and O–H groups in total. The van der Waals surface area contributed by atoms with Crippen molar-refractivity contribution in [3.63, 3.8) is 0 Å². The lowest BCUT2D eigenvalue weighted by atomic mass is 10.1. The van der Waals surface area contributed by atoms with Crippen molar-refractivity contribution in [1.29, 1.82) is 0 Å². The first-order chi connectivity index (χ1) is 16.0. The molecule has 7 heteroatoms. The average molecular weight is 445 g/mol. The van der Waals surface area contributed by atoms with E-state index in [0.29, 0.717) is 26.1 Å². The molecule has 2 aromatic carbocycles. The number of carbonyl (C=O) groups excluding carboxylic acids is 1. The lowest BCUT2D eigenvalue weighted by Crippen LogP contribution is -2.27. The number of likely N-dealkylation sites (N-methyl/N-ethyl adjacent to an activating group) is 1. The van der Waals surface area contributed by atoms with E-state index in [1.807, 2.05) is 80.4 Å². The molecular formula is C26H28N4O3. The van der Waals surface area contributed by atoms with Crippen LogP contribution in [-0.4, -0.2) is 32.8 Å². The van der Waals surface area contributed by atoms with Gasteiger partial charge in [0.05, 0.1) is 30.4 Å². The maximum absolute atomic E-state index is 12.7. The monoisotopic (exact) mass is 444 g/mol. The second kappa shape index (κ2) is 10.2. The van der Waals surface area contributed by atoms with Crippen LogP contribution in [0.25, 0.3) is 0 Å². The van der Waals surface area contributed by atoms with Gasteiger partial charge in [0.15, 0.2) is 0 Å². The first-order valence-electron chi connectivity index (χ1n) is 10.9. The lowest BCUT2D eigenvalue weighted by molar-refractivity contribution is -0.129. The summed E-state index contributed by atoms with van der Waals surface area (Å²) in [5.41, 5.74) is 4.93. The summed E-state index contributed by atoms with van der Waals surface area (Å²) in [7, 11) is 1.82. The van der Waals surface area contributed by atoms with Crippen molar-refractivity contribution < 1.29 is 14.1 Å². The summed E-state index contributed by atoms with van der Waals surface area (Å²) in [6.07, 6.45) is 4.14. The van der Waals surface area contributed by atoms with Crippen LogP contribution >= 0.6 is 0 Å². The van der Waals surface area contributed by atoms with Crippen molar-refractivity contribution in [2.24, 2.45) is 0 Å². The Morgan fingerprint density at radius 1 is 1.03 bits per heavy atom. The van der Waals surface area contributed by atoms with Crippen molar-refractivity contribution in [2.75, 3.05) is 7.05 Å². The van der Waals surface area contributed by atoms with Crippen LogP contribution in [0.15, 0.2) is 71.5 Å². The summed E-state index contributed by atoms with van der Waals surface area (Å²) in [6, 6.07) is 17.8. The van der Waals surface area contributed by atoms with Gasteiger partial charge in [-0.3, -0.25) is 9.48 Å². The molecule has 0 saturated carbocycles. The van der Waals surface area contributed by atoms with Gasteiger partial charge in [-0.2, -0.15) is 5.10 Å². The third kappa shape index (κ3) is 5.88. The smallest absolute Gasteiger partial charge is 0.227 e. The van der Waals surface area contributed by atoms with Gasteiger partial charge >= 0.3 is 0 Å². The van der Waals surface area contributed by atoms with Gasteiger partial charge in [0.2, 0.25) is 5.91 Å². The largest absolute Gasteiger partial charge is 0.489 e. The topological polar surface area (TPSA) is 73.4 Å². The van der Waals surface area contributed by atoms with Gasteiger partial charge in [-0.25, -0.2) is 0 Å². The number of aryl methyl sites for hydroxylation is 2. The van der Waals surface area contributed by atoms with Crippen molar-refractivity contribution in [1.82, 2.24) is 19.8 Å². The van der Waals surface area contributed by atoms with Gasteiger partial charge in [-0.15, -0.1) is 0 Å².